The number of hydrogen-bond donors (Lipinski definition) is 1. The minimum Gasteiger partial charge on any atom is -0.481 e. The van der Waals surface area contributed by atoms with Crippen LogP contribution in [0, 0.1) is 6.92 Å². The average molecular weight is 328 g/mol. The van der Waals surface area contributed by atoms with E-state index < -0.39 is 5.97 Å². The first-order valence-electron chi connectivity index (χ1n) is 6.56. The molecular formula is C14H15Cl2N3O2. The Hall–Kier alpha value is -1.59. The number of carboxylic acid groups (broad SMARTS) is 1. The topological polar surface area (TPSA) is 68.0 Å². The van der Waals surface area contributed by atoms with Crippen LogP contribution < -0.4 is 0 Å². The normalized spacial score (nSPS) is 10.8. The molecule has 5 nitrogen and oxygen atoms in total. The molecule has 0 aliphatic heterocycles. The van der Waals surface area contributed by atoms with Crippen molar-refractivity contribution >= 4 is 29.2 Å². The minimum absolute atomic E-state index is 0.174. The van der Waals surface area contributed by atoms with Crippen molar-refractivity contribution in [1.29, 1.82) is 0 Å². The summed E-state index contributed by atoms with van der Waals surface area (Å²) in [6.07, 6.45) is 4.03. The number of hydrogen-bond acceptors (Lipinski definition) is 3. The van der Waals surface area contributed by atoms with Gasteiger partial charge in [-0.2, -0.15) is 0 Å². The zero-order valence-electron chi connectivity index (χ0n) is 11.5. The summed E-state index contributed by atoms with van der Waals surface area (Å²) >= 11 is 12.3. The van der Waals surface area contributed by atoms with Gasteiger partial charge >= 0.3 is 5.97 Å². The second kappa shape index (κ2) is 6.91. The monoisotopic (exact) mass is 327 g/mol. The van der Waals surface area contributed by atoms with E-state index in [1.807, 2.05) is 6.92 Å². The average Bonchev–Trinajstić information content (AvgIpc) is 2.87. The van der Waals surface area contributed by atoms with Crippen molar-refractivity contribution in [2.45, 2.75) is 32.6 Å². The van der Waals surface area contributed by atoms with Crippen molar-refractivity contribution in [1.82, 2.24) is 15.0 Å². The maximum absolute atomic E-state index is 10.4. The molecule has 0 aliphatic rings. The fraction of sp³-hybridized carbons (Fsp3) is 0.357. The first-order valence-corrected chi connectivity index (χ1v) is 7.32. The van der Waals surface area contributed by atoms with Gasteiger partial charge in [-0.15, -0.1) is 5.10 Å². The van der Waals surface area contributed by atoms with Gasteiger partial charge in [0.25, 0.3) is 0 Å². The summed E-state index contributed by atoms with van der Waals surface area (Å²) in [7, 11) is 0. The van der Waals surface area contributed by atoms with Crippen LogP contribution in [0.3, 0.4) is 0 Å². The molecule has 0 radical (unpaired) electrons. The van der Waals surface area contributed by atoms with Crippen molar-refractivity contribution in [2.75, 3.05) is 0 Å². The van der Waals surface area contributed by atoms with Crippen LogP contribution in [0.1, 0.15) is 30.5 Å². The summed E-state index contributed by atoms with van der Waals surface area (Å²) in [6.45, 7) is 1.88. The molecule has 0 saturated heterocycles. The van der Waals surface area contributed by atoms with Crippen LogP contribution in [0.4, 0.5) is 0 Å². The first kappa shape index (κ1) is 15.8. The molecule has 0 aliphatic carbocycles. The Morgan fingerprint density at radius 3 is 2.76 bits per heavy atom. The fourth-order valence-electron chi connectivity index (χ4n) is 1.92. The Kier molecular flexibility index (Phi) is 5.20. The lowest BCUT2D eigenvalue weighted by Gasteiger charge is -2.06. The Morgan fingerprint density at radius 2 is 2.05 bits per heavy atom. The highest BCUT2D eigenvalue weighted by Crippen LogP contribution is 2.27. The number of aryl methyl sites for hydroxylation is 2. The largest absolute Gasteiger partial charge is 0.481 e. The summed E-state index contributed by atoms with van der Waals surface area (Å²) in [5, 5.41) is 17.9. The number of aliphatic carboxylic acids is 1. The third kappa shape index (κ3) is 4.19. The van der Waals surface area contributed by atoms with E-state index >= 15 is 0 Å². The molecule has 1 heterocycles. The number of aromatic nitrogens is 3. The number of nitrogens with zero attached hydrogens (tertiary/aromatic N) is 3. The van der Waals surface area contributed by atoms with Crippen molar-refractivity contribution in [3.63, 3.8) is 0 Å². The van der Waals surface area contributed by atoms with Crippen molar-refractivity contribution in [3.8, 4) is 5.69 Å². The van der Waals surface area contributed by atoms with E-state index in [1.165, 1.54) is 0 Å². The fourth-order valence-corrected chi connectivity index (χ4v) is 2.39. The van der Waals surface area contributed by atoms with Crippen LogP contribution in [-0.4, -0.2) is 26.1 Å². The van der Waals surface area contributed by atoms with Crippen molar-refractivity contribution in [2.24, 2.45) is 0 Å². The number of carbonyl (C=O) groups is 1. The summed E-state index contributed by atoms with van der Waals surface area (Å²) in [5.41, 5.74) is 2.38. The van der Waals surface area contributed by atoms with Gasteiger partial charge in [0.15, 0.2) is 0 Å². The predicted octanol–water partition coefficient (Wildman–Crippen LogP) is 3.68. The van der Waals surface area contributed by atoms with Crippen molar-refractivity contribution in [3.05, 3.63) is 39.6 Å². The molecule has 0 fully saturated rings. The minimum atomic E-state index is -0.778. The first-order chi connectivity index (χ1) is 9.97. The van der Waals surface area contributed by atoms with Gasteiger partial charge in [-0.3, -0.25) is 4.79 Å². The second-order valence-electron chi connectivity index (χ2n) is 4.81. The molecule has 0 amide bonds. The molecule has 1 aromatic heterocycles. The lowest BCUT2D eigenvalue weighted by molar-refractivity contribution is -0.137. The third-order valence-corrected chi connectivity index (χ3v) is 3.80. The molecule has 0 saturated carbocycles. The summed E-state index contributed by atoms with van der Waals surface area (Å²) in [6, 6.07) is 3.54. The Balaban J connectivity index is 2.06. The lowest BCUT2D eigenvalue weighted by Crippen LogP contribution is -1.97. The van der Waals surface area contributed by atoms with Gasteiger partial charge in [-0.05, 0) is 43.9 Å². The van der Waals surface area contributed by atoms with Crippen LogP contribution in [0.2, 0.25) is 10.0 Å². The molecule has 112 valence electrons. The number of benzene rings is 1. The highest BCUT2D eigenvalue weighted by Gasteiger charge is 2.09. The van der Waals surface area contributed by atoms with Gasteiger partial charge in [0, 0.05) is 11.4 Å². The molecule has 0 atom stereocenters. The highest BCUT2D eigenvalue weighted by molar-refractivity contribution is 6.35. The SMILES string of the molecule is Cc1cc(Cl)c(-n2cc(CCCCC(=O)O)nn2)cc1Cl. The Morgan fingerprint density at radius 1 is 1.29 bits per heavy atom. The standard InChI is InChI=1S/C14H15Cl2N3O2/c1-9-6-12(16)13(7-11(9)15)19-8-10(17-18-19)4-2-3-5-14(20)21/h6-8H,2-5H2,1H3,(H,20,21). The molecule has 21 heavy (non-hydrogen) atoms. The summed E-state index contributed by atoms with van der Waals surface area (Å²) in [5.74, 6) is -0.778. The third-order valence-electron chi connectivity index (χ3n) is 3.09. The molecule has 2 aromatic rings. The molecule has 1 aromatic carbocycles. The smallest absolute Gasteiger partial charge is 0.303 e. The van der Waals surface area contributed by atoms with E-state index in [0.29, 0.717) is 28.6 Å². The van der Waals surface area contributed by atoms with E-state index in [2.05, 4.69) is 10.3 Å². The zero-order valence-corrected chi connectivity index (χ0v) is 13.0. The number of halogens is 2. The van der Waals surface area contributed by atoms with Crippen LogP contribution in [-0.2, 0) is 11.2 Å². The van der Waals surface area contributed by atoms with Gasteiger partial charge in [-0.1, -0.05) is 28.4 Å². The van der Waals surface area contributed by atoms with Crippen molar-refractivity contribution < 1.29 is 9.90 Å². The van der Waals surface area contributed by atoms with Gasteiger partial charge in [-0.25, -0.2) is 4.68 Å². The molecule has 1 N–H and O–H groups in total. The second-order valence-corrected chi connectivity index (χ2v) is 5.62. The predicted molar refractivity (Wildman–Crippen MR) is 81.3 cm³/mol. The number of rotatable bonds is 6. The van der Waals surface area contributed by atoms with Crippen LogP contribution >= 0.6 is 23.2 Å². The Bertz CT molecular complexity index is 656. The number of unbranched alkanes of at least 4 members (excludes halogenated alkanes) is 1. The highest BCUT2D eigenvalue weighted by atomic mass is 35.5. The van der Waals surface area contributed by atoms with Gasteiger partial charge in [0.1, 0.15) is 0 Å². The van der Waals surface area contributed by atoms with E-state index in [4.69, 9.17) is 28.3 Å². The maximum atomic E-state index is 10.4. The van der Waals surface area contributed by atoms with Gasteiger partial charge < -0.3 is 5.11 Å². The molecule has 0 spiro atoms. The van der Waals surface area contributed by atoms with Gasteiger partial charge in [0.05, 0.1) is 22.6 Å². The number of carboxylic acids is 1. The molecule has 0 bridgehead atoms. The summed E-state index contributed by atoms with van der Waals surface area (Å²) in [4.78, 5) is 10.4. The van der Waals surface area contributed by atoms with E-state index in [1.54, 1.807) is 23.0 Å². The molecular weight excluding hydrogens is 313 g/mol. The zero-order chi connectivity index (χ0) is 15.4. The van der Waals surface area contributed by atoms with Crippen LogP contribution in [0.25, 0.3) is 5.69 Å². The van der Waals surface area contributed by atoms with Crippen LogP contribution in [0.5, 0.6) is 0 Å². The molecule has 7 heteroatoms. The maximum Gasteiger partial charge on any atom is 0.303 e. The Labute approximate surface area is 132 Å². The van der Waals surface area contributed by atoms with E-state index in [0.717, 1.165) is 17.7 Å². The summed E-state index contributed by atoms with van der Waals surface area (Å²) < 4.78 is 1.58. The lowest BCUT2D eigenvalue weighted by atomic mass is 10.1. The quantitative estimate of drug-likeness (QED) is 0.822. The van der Waals surface area contributed by atoms with E-state index in [9.17, 15) is 4.79 Å². The van der Waals surface area contributed by atoms with Gasteiger partial charge in [0.2, 0.25) is 0 Å². The van der Waals surface area contributed by atoms with E-state index in [-0.39, 0.29) is 6.42 Å². The van der Waals surface area contributed by atoms with Crippen LogP contribution in [0.15, 0.2) is 18.3 Å². The molecule has 0 unspecified atom stereocenters. The molecule has 2 rings (SSSR count).